The molecule has 2 N–H and O–H groups in total. The molecule has 0 aromatic carbocycles. The summed E-state index contributed by atoms with van der Waals surface area (Å²) in [5, 5.41) is 19.8. The van der Waals surface area contributed by atoms with Gasteiger partial charge in [0.1, 0.15) is 0 Å². The zero-order valence-corrected chi connectivity index (χ0v) is 20.2. The first-order valence-corrected chi connectivity index (χ1v) is 12.5. The number of unbranched alkanes of at least 4 members (excludes halogenated alkanes) is 16. The Balaban J connectivity index is 3.42. The summed E-state index contributed by atoms with van der Waals surface area (Å²) < 4.78 is 5.26. The first-order valence-electron chi connectivity index (χ1n) is 12.5. The first-order chi connectivity index (χ1) is 14.0. The molecule has 0 saturated heterocycles. The van der Waals surface area contributed by atoms with Crippen molar-refractivity contribution < 1.29 is 19.4 Å². The van der Waals surface area contributed by atoms with Crippen LogP contribution in [0.15, 0.2) is 11.8 Å². The maximum Gasteiger partial charge on any atom is 0.382 e. The van der Waals surface area contributed by atoms with Crippen molar-refractivity contribution >= 4 is 0 Å². The third-order valence-electron chi connectivity index (χ3n) is 5.87. The van der Waals surface area contributed by atoms with Crippen LogP contribution in [0.2, 0.25) is 0 Å². The van der Waals surface area contributed by atoms with Gasteiger partial charge < -0.3 is 14.9 Å². The number of hydrogen-bond donors (Lipinski definition) is 2. The third kappa shape index (κ3) is 16.6. The van der Waals surface area contributed by atoms with Gasteiger partial charge in [-0.1, -0.05) is 103 Å². The summed E-state index contributed by atoms with van der Waals surface area (Å²) in [5.74, 6) is -0.423. The molecule has 0 rings (SSSR count). The van der Waals surface area contributed by atoms with Gasteiger partial charge in [0.05, 0.1) is 27.2 Å². The van der Waals surface area contributed by atoms with Crippen molar-refractivity contribution in [2.75, 3.05) is 27.2 Å². The van der Waals surface area contributed by atoms with Crippen molar-refractivity contribution in [1.29, 1.82) is 0 Å². The molecule has 0 atom stereocenters. The van der Waals surface area contributed by atoms with E-state index >= 15 is 0 Å². The number of hydrogen-bond acceptors (Lipinski definition) is 3. The van der Waals surface area contributed by atoms with Crippen LogP contribution in [0.1, 0.15) is 123 Å². The molecule has 0 aromatic heterocycles. The third-order valence-corrected chi connectivity index (χ3v) is 5.87. The summed E-state index contributed by atoms with van der Waals surface area (Å²) >= 11 is 0. The fraction of sp³-hybridized carbons (Fsp3) is 0.920. The Kier molecular flexibility index (Phi) is 18.5. The highest BCUT2D eigenvalue weighted by atomic mass is 16.6. The molecule has 0 radical (unpaired) electrons. The lowest BCUT2D eigenvalue weighted by Crippen LogP contribution is -2.40. The van der Waals surface area contributed by atoms with E-state index in [4.69, 9.17) is 4.74 Å². The van der Waals surface area contributed by atoms with Crippen LogP contribution in [-0.4, -0.2) is 41.9 Å². The minimum Gasteiger partial charge on any atom is -0.474 e. The van der Waals surface area contributed by atoms with E-state index < -0.39 is 0 Å². The molecule has 0 fully saturated rings. The Hall–Kier alpha value is -0.900. The second-order valence-corrected chi connectivity index (χ2v) is 9.13. The van der Waals surface area contributed by atoms with Gasteiger partial charge in [-0.3, -0.25) is 4.48 Å². The highest BCUT2D eigenvalue weighted by Crippen LogP contribution is 2.17. The molecule has 0 heterocycles. The molecular formula is C25H52NO3+. The number of nitrogens with zero attached hydrogens (tertiary/aromatic N) is 1. The van der Waals surface area contributed by atoms with Crippen LogP contribution >= 0.6 is 0 Å². The topological polar surface area (TPSA) is 49.7 Å². The van der Waals surface area contributed by atoms with Gasteiger partial charge in [-0.25, -0.2) is 0 Å². The van der Waals surface area contributed by atoms with Gasteiger partial charge in [0, 0.05) is 0 Å². The van der Waals surface area contributed by atoms with Gasteiger partial charge in [0.25, 0.3) is 0 Å². The zero-order chi connectivity index (χ0) is 21.8. The van der Waals surface area contributed by atoms with Gasteiger partial charge in [0.15, 0.2) is 0 Å². The Bertz CT molecular complexity index is 394. The molecule has 0 aromatic rings. The summed E-state index contributed by atoms with van der Waals surface area (Å²) in [6.07, 6.45) is 23.2. The standard InChI is InChI=1S/C25H51NO3/c1-5-7-8-9-10-11-12-13-14-15-16-17-18-19-20-21-22-23-26(3,4)24(27)25(28)29-6-2/h5-23H2,1-4H3,(H-,27,28)/p+1. The zero-order valence-electron chi connectivity index (χ0n) is 20.2. The average Bonchev–Trinajstić information content (AvgIpc) is 2.69. The lowest BCUT2D eigenvalue weighted by atomic mass is 10.0. The smallest absolute Gasteiger partial charge is 0.382 e. The lowest BCUT2D eigenvalue weighted by molar-refractivity contribution is -0.869. The van der Waals surface area contributed by atoms with Crippen LogP contribution in [0.4, 0.5) is 0 Å². The summed E-state index contributed by atoms with van der Waals surface area (Å²) in [7, 11) is 3.80. The number of aliphatic hydroxyl groups is 2. The Labute approximate surface area is 181 Å². The lowest BCUT2D eigenvalue weighted by Gasteiger charge is -2.27. The quantitative estimate of drug-likeness (QED) is 0.114. The maximum absolute atomic E-state index is 10.1. The summed E-state index contributed by atoms with van der Waals surface area (Å²) in [4.78, 5) is 0. The molecule has 29 heavy (non-hydrogen) atoms. The Morgan fingerprint density at radius 1 is 0.586 bits per heavy atom. The molecule has 0 amide bonds. The van der Waals surface area contributed by atoms with Crippen molar-refractivity contribution in [2.45, 2.75) is 123 Å². The number of quaternary nitrogens is 1. The van der Waals surface area contributed by atoms with Crippen molar-refractivity contribution in [3.8, 4) is 0 Å². The minimum atomic E-state index is -0.343. The van der Waals surface area contributed by atoms with Crippen LogP contribution in [0, 0.1) is 0 Å². The van der Waals surface area contributed by atoms with E-state index in [1.165, 1.54) is 103 Å². The predicted molar refractivity (Wildman–Crippen MR) is 125 cm³/mol. The molecule has 0 aliphatic carbocycles. The van der Waals surface area contributed by atoms with E-state index in [9.17, 15) is 10.2 Å². The molecule has 4 heteroatoms. The number of aliphatic hydroxyl groups excluding tert-OH is 2. The first kappa shape index (κ1) is 28.1. The molecule has 0 aliphatic heterocycles. The molecule has 4 nitrogen and oxygen atoms in total. The van der Waals surface area contributed by atoms with Crippen LogP contribution in [0.3, 0.4) is 0 Å². The molecule has 0 aliphatic rings. The van der Waals surface area contributed by atoms with Gasteiger partial charge in [-0.05, 0) is 19.8 Å². The second-order valence-electron chi connectivity index (χ2n) is 9.13. The van der Waals surface area contributed by atoms with Crippen molar-refractivity contribution in [3.05, 3.63) is 11.8 Å². The monoisotopic (exact) mass is 414 g/mol. The Morgan fingerprint density at radius 3 is 1.28 bits per heavy atom. The SMILES string of the molecule is CCCCCCCCCCCCCCCCCCC[N+](C)(C)C(O)=C(O)OCC. The normalized spacial score (nSPS) is 12.8. The van der Waals surface area contributed by atoms with Crippen LogP contribution in [-0.2, 0) is 4.74 Å². The molecule has 0 unspecified atom stereocenters. The van der Waals surface area contributed by atoms with Gasteiger partial charge >= 0.3 is 11.8 Å². The Morgan fingerprint density at radius 2 is 0.931 bits per heavy atom. The summed E-state index contributed by atoms with van der Waals surface area (Å²) in [6, 6.07) is 0. The van der Waals surface area contributed by atoms with Crippen molar-refractivity contribution in [1.82, 2.24) is 0 Å². The maximum atomic E-state index is 10.1. The predicted octanol–water partition coefficient (Wildman–Crippen LogP) is 7.99. The largest absolute Gasteiger partial charge is 0.474 e. The second kappa shape index (κ2) is 19.1. The molecule has 0 spiro atoms. The minimum absolute atomic E-state index is 0.0802. The van der Waals surface area contributed by atoms with E-state index in [0.717, 1.165) is 13.0 Å². The van der Waals surface area contributed by atoms with E-state index in [-0.39, 0.29) is 16.3 Å². The number of rotatable bonds is 21. The van der Waals surface area contributed by atoms with Crippen LogP contribution in [0.5, 0.6) is 0 Å². The molecule has 174 valence electrons. The highest BCUT2D eigenvalue weighted by molar-refractivity contribution is 4.81. The van der Waals surface area contributed by atoms with Crippen molar-refractivity contribution in [3.63, 3.8) is 0 Å². The van der Waals surface area contributed by atoms with Gasteiger partial charge in [-0.2, -0.15) is 0 Å². The molecule has 0 bridgehead atoms. The highest BCUT2D eigenvalue weighted by Gasteiger charge is 2.26. The van der Waals surface area contributed by atoms with E-state index in [1.54, 1.807) is 6.92 Å². The fourth-order valence-electron chi connectivity index (χ4n) is 3.80. The fourth-order valence-corrected chi connectivity index (χ4v) is 3.80. The van der Waals surface area contributed by atoms with Gasteiger partial charge in [0.2, 0.25) is 0 Å². The van der Waals surface area contributed by atoms with E-state index in [0.29, 0.717) is 6.61 Å². The molecular weight excluding hydrogens is 362 g/mol. The van der Waals surface area contributed by atoms with Gasteiger partial charge in [-0.15, -0.1) is 0 Å². The summed E-state index contributed by atoms with van der Waals surface area (Å²) in [5.41, 5.74) is 0. The van der Waals surface area contributed by atoms with E-state index in [2.05, 4.69) is 6.92 Å². The average molecular weight is 415 g/mol. The van der Waals surface area contributed by atoms with Crippen LogP contribution in [0.25, 0.3) is 0 Å². The van der Waals surface area contributed by atoms with Crippen molar-refractivity contribution in [2.24, 2.45) is 0 Å². The van der Waals surface area contributed by atoms with Crippen LogP contribution < -0.4 is 0 Å². The number of ether oxygens (including phenoxy) is 1. The molecule has 0 saturated carbocycles. The van der Waals surface area contributed by atoms with E-state index in [1.807, 2.05) is 14.1 Å². The summed E-state index contributed by atoms with van der Waals surface area (Å²) in [6.45, 7) is 5.24.